The lowest BCUT2D eigenvalue weighted by Crippen LogP contribution is -2.46. The van der Waals surface area contributed by atoms with Crippen molar-refractivity contribution in [2.45, 2.75) is 50.5 Å². The molecule has 6 heteroatoms. The Morgan fingerprint density at radius 3 is 2.48 bits per heavy atom. The number of rotatable bonds is 8. The van der Waals surface area contributed by atoms with E-state index >= 15 is 0 Å². The van der Waals surface area contributed by atoms with E-state index in [9.17, 15) is 13.2 Å². The van der Waals surface area contributed by atoms with E-state index in [0.717, 1.165) is 31.2 Å². The first-order valence-corrected chi connectivity index (χ1v) is 11.8. The molecule has 0 bridgehead atoms. The third-order valence-corrected chi connectivity index (χ3v) is 7.48. The number of carbonyl (C=O) groups is 1. The van der Waals surface area contributed by atoms with E-state index in [2.05, 4.69) is 19.1 Å². The van der Waals surface area contributed by atoms with Crippen LogP contribution in [-0.2, 0) is 21.2 Å². The van der Waals surface area contributed by atoms with E-state index < -0.39 is 10.0 Å². The van der Waals surface area contributed by atoms with E-state index in [1.165, 1.54) is 9.87 Å². The van der Waals surface area contributed by atoms with E-state index in [-0.39, 0.29) is 23.4 Å². The fraction of sp³-hybridized carbons (Fsp3) is 0.435. The second-order valence-corrected chi connectivity index (χ2v) is 9.51. The molecule has 1 unspecified atom stereocenters. The second-order valence-electron chi connectivity index (χ2n) is 7.57. The third-order valence-electron chi connectivity index (χ3n) is 5.62. The van der Waals surface area contributed by atoms with Crippen molar-refractivity contribution >= 4 is 15.9 Å². The predicted octanol–water partition coefficient (Wildman–Crippen LogP) is 4.01. The number of sulfonamides is 1. The SMILES string of the molecule is CCCCCN(CC(=O)N1CCc2ccccc2C1C)S(=O)(=O)c1ccccc1. The Balaban J connectivity index is 1.80. The van der Waals surface area contributed by atoms with Gasteiger partial charge in [0.05, 0.1) is 17.5 Å². The molecule has 2 aromatic carbocycles. The summed E-state index contributed by atoms with van der Waals surface area (Å²) in [5.41, 5.74) is 2.41. The van der Waals surface area contributed by atoms with Crippen LogP contribution in [0.2, 0.25) is 0 Å². The molecular weight excluding hydrogens is 384 g/mol. The Morgan fingerprint density at radius 2 is 1.76 bits per heavy atom. The van der Waals surface area contributed by atoms with Gasteiger partial charge in [-0.05, 0) is 43.0 Å². The summed E-state index contributed by atoms with van der Waals surface area (Å²) in [6, 6.07) is 16.5. The zero-order valence-electron chi connectivity index (χ0n) is 17.3. The van der Waals surface area contributed by atoms with Crippen LogP contribution < -0.4 is 0 Å². The average molecular weight is 415 g/mol. The van der Waals surface area contributed by atoms with Crippen molar-refractivity contribution in [1.29, 1.82) is 0 Å². The number of unbranched alkanes of at least 4 members (excludes halogenated alkanes) is 2. The summed E-state index contributed by atoms with van der Waals surface area (Å²) in [5, 5.41) is 0. The molecule has 0 saturated carbocycles. The normalized spacial score (nSPS) is 16.7. The van der Waals surface area contributed by atoms with Crippen LogP contribution in [0.25, 0.3) is 0 Å². The molecular formula is C23H30N2O3S. The zero-order chi connectivity index (χ0) is 20.9. The Hall–Kier alpha value is -2.18. The number of amides is 1. The lowest BCUT2D eigenvalue weighted by molar-refractivity contribution is -0.134. The van der Waals surface area contributed by atoms with Gasteiger partial charge in [0.2, 0.25) is 15.9 Å². The average Bonchev–Trinajstić information content (AvgIpc) is 2.74. The number of benzene rings is 2. The van der Waals surface area contributed by atoms with E-state index in [1.807, 2.05) is 24.0 Å². The molecule has 1 aliphatic heterocycles. The summed E-state index contributed by atoms with van der Waals surface area (Å²) in [5.74, 6) is -0.136. The molecule has 1 aliphatic rings. The topological polar surface area (TPSA) is 57.7 Å². The first-order chi connectivity index (χ1) is 13.9. The van der Waals surface area contributed by atoms with Gasteiger partial charge in [0.15, 0.2) is 0 Å². The summed E-state index contributed by atoms with van der Waals surface area (Å²) >= 11 is 0. The van der Waals surface area contributed by atoms with Gasteiger partial charge in [0, 0.05) is 13.1 Å². The van der Waals surface area contributed by atoms with Gasteiger partial charge in [0.25, 0.3) is 0 Å². The summed E-state index contributed by atoms with van der Waals surface area (Å²) in [6.45, 7) is 4.95. The minimum Gasteiger partial charge on any atom is -0.334 e. The largest absolute Gasteiger partial charge is 0.334 e. The van der Waals surface area contributed by atoms with Crippen LogP contribution in [0.4, 0.5) is 0 Å². The maximum atomic E-state index is 13.2. The highest BCUT2D eigenvalue weighted by atomic mass is 32.2. The van der Waals surface area contributed by atoms with Gasteiger partial charge in [-0.15, -0.1) is 0 Å². The van der Waals surface area contributed by atoms with Crippen molar-refractivity contribution in [2.75, 3.05) is 19.6 Å². The van der Waals surface area contributed by atoms with Crippen molar-refractivity contribution in [3.8, 4) is 0 Å². The maximum absolute atomic E-state index is 13.2. The minimum absolute atomic E-state index is 0.0515. The fourth-order valence-corrected chi connectivity index (χ4v) is 5.37. The number of nitrogens with zero attached hydrogens (tertiary/aromatic N) is 2. The number of hydrogen-bond donors (Lipinski definition) is 0. The lowest BCUT2D eigenvalue weighted by Gasteiger charge is -2.36. The molecule has 0 saturated heterocycles. The van der Waals surface area contributed by atoms with Crippen molar-refractivity contribution in [3.05, 3.63) is 65.7 Å². The molecule has 1 atom stereocenters. The summed E-state index contributed by atoms with van der Waals surface area (Å²) < 4.78 is 27.7. The molecule has 156 valence electrons. The van der Waals surface area contributed by atoms with E-state index in [4.69, 9.17) is 0 Å². The molecule has 0 aromatic heterocycles. The summed E-state index contributed by atoms with van der Waals surface area (Å²) in [4.78, 5) is 15.2. The van der Waals surface area contributed by atoms with Crippen molar-refractivity contribution in [3.63, 3.8) is 0 Å². The van der Waals surface area contributed by atoms with E-state index in [1.54, 1.807) is 30.3 Å². The minimum atomic E-state index is -3.71. The van der Waals surface area contributed by atoms with Crippen LogP contribution >= 0.6 is 0 Å². The second kappa shape index (κ2) is 9.55. The highest BCUT2D eigenvalue weighted by Crippen LogP contribution is 2.29. The quantitative estimate of drug-likeness (QED) is 0.613. The Bertz CT molecular complexity index is 928. The Labute approximate surface area is 174 Å². The molecule has 0 fully saturated rings. The fourth-order valence-electron chi connectivity index (χ4n) is 3.92. The Kier molecular flexibility index (Phi) is 7.09. The van der Waals surface area contributed by atoms with Crippen LogP contribution in [0.15, 0.2) is 59.5 Å². The van der Waals surface area contributed by atoms with Gasteiger partial charge in [-0.25, -0.2) is 8.42 Å². The standard InChI is InChI=1S/C23H30N2O3S/c1-3-4-10-16-24(29(27,28)21-12-6-5-7-13-21)18-23(26)25-17-15-20-11-8-9-14-22(20)19(25)2/h5-9,11-14,19H,3-4,10,15-18H2,1-2H3. The van der Waals surface area contributed by atoms with Crippen LogP contribution in [-0.4, -0.2) is 43.2 Å². The lowest BCUT2D eigenvalue weighted by atomic mass is 9.93. The van der Waals surface area contributed by atoms with Crippen LogP contribution in [0, 0.1) is 0 Å². The molecule has 5 nitrogen and oxygen atoms in total. The molecule has 1 amide bonds. The molecule has 0 radical (unpaired) electrons. The van der Waals surface area contributed by atoms with E-state index in [0.29, 0.717) is 13.1 Å². The van der Waals surface area contributed by atoms with Crippen LogP contribution in [0.1, 0.15) is 50.3 Å². The van der Waals surface area contributed by atoms with Crippen LogP contribution in [0.5, 0.6) is 0 Å². The monoisotopic (exact) mass is 414 g/mol. The summed E-state index contributed by atoms with van der Waals surface area (Å²) in [6.07, 6.45) is 3.47. The molecule has 0 spiro atoms. The van der Waals surface area contributed by atoms with Crippen molar-refractivity contribution < 1.29 is 13.2 Å². The number of hydrogen-bond acceptors (Lipinski definition) is 3. The van der Waals surface area contributed by atoms with Gasteiger partial charge in [-0.1, -0.05) is 62.2 Å². The first kappa shape index (κ1) is 21.5. The predicted molar refractivity (Wildman–Crippen MR) is 115 cm³/mol. The highest BCUT2D eigenvalue weighted by molar-refractivity contribution is 7.89. The van der Waals surface area contributed by atoms with Gasteiger partial charge >= 0.3 is 0 Å². The molecule has 0 N–H and O–H groups in total. The van der Waals surface area contributed by atoms with Crippen LogP contribution in [0.3, 0.4) is 0 Å². The van der Waals surface area contributed by atoms with Gasteiger partial charge in [-0.3, -0.25) is 4.79 Å². The zero-order valence-corrected chi connectivity index (χ0v) is 18.1. The van der Waals surface area contributed by atoms with Gasteiger partial charge in [0.1, 0.15) is 0 Å². The molecule has 1 heterocycles. The third kappa shape index (κ3) is 4.87. The van der Waals surface area contributed by atoms with Crippen molar-refractivity contribution in [1.82, 2.24) is 9.21 Å². The Morgan fingerprint density at radius 1 is 1.07 bits per heavy atom. The van der Waals surface area contributed by atoms with Crippen molar-refractivity contribution in [2.24, 2.45) is 0 Å². The molecule has 29 heavy (non-hydrogen) atoms. The van der Waals surface area contributed by atoms with Gasteiger partial charge in [-0.2, -0.15) is 4.31 Å². The molecule has 3 rings (SSSR count). The smallest absolute Gasteiger partial charge is 0.243 e. The van der Waals surface area contributed by atoms with Gasteiger partial charge < -0.3 is 4.90 Å². The number of fused-ring (bicyclic) bond motifs is 1. The molecule has 2 aromatic rings. The maximum Gasteiger partial charge on any atom is 0.243 e. The first-order valence-electron chi connectivity index (χ1n) is 10.4. The molecule has 0 aliphatic carbocycles. The highest BCUT2D eigenvalue weighted by Gasteiger charge is 2.32. The summed E-state index contributed by atoms with van der Waals surface area (Å²) in [7, 11) is -3.71. The number of carbonyl (C=O) groups excluding carboxylic acids is 1.